The van der Waals surface area contributed by atoms with E-state index in [4.69, 9.17) is 20.8 Å². The van der Waals surface area contributed by atoms with Crippen molar-refractivity contribution < 1.29 is 13.9 Å². The maximum absolute atomic E-state index is 12.8. The summed E-state index contributed by atoms with van der Waals surface area (Å²) in [4.78, 5) is 14.5. The zero-order valence-electron chi connectivity index (χ0n) is 16.8. The van der Waals surface area contributed by atoms with Crippen LogP contribution in [0.25, 0.3) is 11.5 Å². The van der Waals surface area contributed by atoms with Crippen molar-refractivity contribution in [2.45, 2.75) is 39.3 Å². The Balaban J connectivity index is 1.63. The molecular formula is C22H24ClN3O3. The summed E-state index contributed by atoms with van der Waals surface area (Å²) in [5, 5.41) is 8.83. The molecule has 2 aromatic carbocycles. The molecule has 0 atom stereocenters. The standard InChI is InChI=1S/C22H24ClN3O3/c1-15(2)26(21(27)13-6-16-4-11-19(28-3)12-5-16)14-20-24-25-22(29-20)17-7-9-18(23)10-8-17/h4-5,7-12,15H,6,13-14H2,1-3H3. The number of carbonyl (C=O) groups excluding carboxylic acids is 1. The number of amides is 1. The molecule has 0 saturated heterocycles. The van der Waals surface area contributed by atoms with Gasteiger partial charge in [0.25, 0.3) is 0 Å². The molecule has 3 rings (SSSR count). The first-order chi connectivity index (χ1) is 14.0. The summed E-state index contributed by atoms with van der Waals surface area (Å²) < 4.78 is 10.9. The number of hydrogen-bond acceptors (Lipinski definition) is 5. The Morgan fingerprint density at radius 3 is 2.41 bits per heavy atom. The first-order valence-corrected chi connectivity index (χ1v) is 9.85. The summed E-state index contributed by atoms with van der Waals surface area (Å²) in [6.45, 7) is 4.23. The smallest absolute Gasteiger partial charge is 0.247 e. The Morgan fingerprint density at radius 2 is 1.79 bits per heavy atom. The van der Waals surface area contributed by atoms with E-state index in [1.165, 1.54) is 0 Å². The summed E-state index contributed by atoms with van der Waals surface area (Å²) in [6, 6.07) is 14.9. The molecular weight excluding hydrogens is 390 g/mol. The lowest BCUT2D eigenvalue weighted by Crippen LogP contribution is -2.36. The summed E-state index contributed by atoms with van der Waals surface area (Å²) in [7, 11) is 1.63. The van der Waals surface area contributed by atoms with E-state index in [0.717, 1.165) is 16.9 Å². The lowest BCUT2D eigenvalue weighted by molar-refractivity contribution is -0.133. The molecule has 0 bridgehead atoms. The van der Waals surface area contributed by atoms with E-state index in [0.29, 0.717) is 29.6 Å². The summed E-state index contributed by atoms with van der Waals surface area (Å²) >= 11 is 5.91. The zero-order valence-corrected chi connectivity index (χ0v) is 17.5. The highest BCUT2D eigenvalue weighted by atomic mass is 35.5. The molecule has 0 unspecified atom stereocenters. The molecule has 29 heavy (non-hydrogen) atoms. The Morgan fingerprint density at radius 1 is 1.10 bits per heavy atom. The highest BCUT2D eigenvalue weighted by molar-refractivity contribution is 6.30. The van der Waals surface area contributed by atoms with E-state index in [1.54, 1.807) is 24.1 Å². The van der Waals surface area contributed by atoms with E-state index in [-0.39, 0.29) is 18.5 Å². The topological polar surface area (TPSA) is 68.5 Å². The van der Waals surface area contributed by atoms with Crippen molar-refractivity contribution in [3.63, 3.8) is 0 Å². The minimum absolute atomic E-state index is 0.0178. The van der Waals surface area contributed by atoms with Crippen LogP contribution in [0.3, 0.4) is 0 Å². The third-order valence-corrected chi connectivity index (χ3v) is 4.85. The molecule has 0 aliphatic rings. The number of rotatable bonds is 8. The number of aryl methyl sites for hydroxylation is 1. The van der Waals surface area contributed by atoms with Crippen LogP contribution in [-0.2, 0) is 17.8 Å². The Labute approximate surface area is 175 Å². The SMILES string of the molecule is COc1ccc(CCC(=O)N(Cc2nnc(-c3ccc(Cl)cc3)o2)C(C)C)cc1. The first-order valence-electron chi connectivity index (χ1n) is 9.47. The van der Waals surface area contributed by atoms with Gasteiger partial charge in [-0.05, 0) is 62.2 Å². The Bertz CT molecular complexity index is 937. The van der Waals surface area contributed by atoms with Crippen LogP contribution in [0.15, 0.2) is 52.9 Å². The molecule has 0 aliphatic carbocycles. The average Bonchev–Trinajstić information content (AvgIpc) is 3.19. The maximum Gasteiger partial charge on any atom is 0.247 e. The van der Waals surface area contributed by atoms with Crippen molar-refractivity contribution in [1.29, 1.82) is 0 Å². The van der Waals surface area contributed by atoms with Crippen LogP contribution in [-0.4, -0.2) is 34.2 Å². The highest BCUT2D eigenvalue weighted by Gasteiger charge is 2.20. The molecule has 6 nitrogen and oxygen atoms in total. The van der Waals surface area contributed by atoms with E-state index >= 15 is 0 Å². The molecule has 152 valence electrons. The van der Waals surface area contributed by atoms with Gasteiger partial charge in [-0.1, -0.05) is 23.7 Å². The first kappa shape index (κ1) is 20.9. The fourth-order valence-electron chi connectivity index (χ4n) is 2.92. The molecule has 0 saturated carbocycles. The number of nitrogens with zero attached hydrogens (tertiary/aromatic N) is 3. The van der Waals surface area contributed by atoms with Crippen LogP contribution >= 0.6 is 11.6 Å². The Hall–Kier alpha value is -2.86. The number of carbonyl (C=O) groups is 1. The van der Waals surface area contributed by atoms with Crippen molar-refractivity contribution in [2.24, 2.45) is 0 Å². The molecule has 1 heterocycles. The predicted molar refractivity (Wildman–Crippen MR) is 112 cm³/mol. The molecule has 0 aliphatic heterocycles. The van der Waals surface area contributed by atoms with Gasteiger partial charge in [0.1, 0.15) is 5.75 Å². The fourth-order valence-corrected chi connectivity index (χ4v) is 3.04. The van der Waals surface area contributed by atoms with Crippen molar-refractivity contribution in [2.75, 3.05) is 7.11 Å². The van der Waals surface area contributed by atoms with Gasteiger partial charge in [-0.3, -0.25) is 4.79 Å². The van der Waals surface area contributed by atoms with Crippen LogP contribution in [0.4, 0.5) is 0 Å². The highest BCUT2D eigenvalue weighted by Crippen LogP contribution is 2.21. The molecule has 7 heteroatoms. The summed E-state index contributed by atoms with van der Waals surface area (Å²) in [5.41, 5.74) is 1.88. The molecule has 0 spiro atoms. The third-order valence-electron chi connectivity index (χ3n) is 4.59. The molecule has 0 radical (unpaired) electrons. The van der Waals surface area contributed by atoms with E-state index in [9.17, 15) is 4.79 Å². The minimum Gasteiger partial charge on any atom is -0.497 e. The lowest BCUT2D eigenvalue weighted by Gasteiger charge is -2.25. The fraction of sp³-hybridized carbons (Fsp3) is 0.318. The molecule has 0 fully saturated rings. The number of aromatic nitrogens is 2. The normalized spacial score (nSPS) is 10.9. The van der Waals surface area contributed by atoms with Crippen LogP contribution in [0.5, 0.6) is 5.75 Å². The average molecular weight is 414 g/mol. The van der Waals surface area contributed by atoms with Gasteiger partial charge in [0, 0.05) is 23.0 Å². The molecule has 1 amide bonds. The van der Waals surface area contributed by atoms with Crippen LogP contribution in [0, 0.1) is 0 Å². The van der Waals surface area contributed by atoms with Crippen LogP contribution in [0.2, 0.25) is 5.02 Å². The van der Waals surface area contributed by atoms with Crippen molar-refractivity contribution >= 4 is 17.5 Å². The Kier molecular flexibility index (Phi) is 6.88. The van der Waals surface area contributed by atoms with Gasteiger partial charge in [-0.25, -0.2) is 0 Å². The number of hydrogen-bond donors (Lipinski definition) is 0. The van der Waals surface area contributed by atoms with Gasteiger partial charge < -0.3 is 14.1 Å². The van der Waals surface area contributed by atoms with Gasteiger partial charge in [0.15, 0.2) is 0 Å². The maximum atomic E-state index is 12.8. The van der Waals surface area contributed by atoms with Crippen LogP contribution < -0.4 is 4.74 Å². The van der Waals surface area contributed by atoms with Gasteiger partial charge in [0.2, 0.25) is 17.7 Å². The molecule has 3 aromatic rings. The predicted octanol–water partition coefficient (Wildman–Crippen LogP) is 4.77. The monoisotopic (exact) mass is 413 g/mol. The van der Waals surface area contributed by atoms with E-state index < -0.39 is 0 Å². The summed E-state index contributed by atoms with van der Waals surface area (Å²) in [5.74, 6) is 1.66. The second-order valence-electron chi connectivity index (χ2n) is 6.97. The zero-order chi connectivity index (χ0) is 20.8. The second-order valence-corrected chi connectivity index (χ2v) is 7.41. The van der Waals surface area contributed by atoms with Gasteiger partial charge in [-0.15, -0.1) is 10.2 Å². The number of ether oxygens (including phenoxy) is 1. The van der Waals surface area contributed by atoms with Crippen LogP contribution in [0.1, 0.15) is 31.7 Å². The molecule has 1 aromatic heterocycles. The van der Waals surface area contributed by atoms with E-state index in [2.05, 4.69) is 10.2 Å². The third kappa shape index (κ3) is 5.57. The summed E-state index contributed by atoms with van der Waals surface area (Å²) in [6.07, 6.45) is 1.06. The quantitative estimate of drug-likeness (QED) is 0.532. The minimum atomic E-state index is 0.0178. The number of halogens is 1. The van der Waals surface area contributed by atoms with Crippen molar-refractivity contribution in [1.82, 2.24) is 15.1 Å². The van der Waals surface area contributed by atoms with Gasteiger partial charge in [0.05, 0.1) is 13.7 Å². The lowest BCUT2D eigenvalue weighted by atomic mass is 10.1. The van der Waals surface area contributed by atoms with E-state index in [1.807, 2.05) is 50.2 Å². The number of methoxy groups -OCH3 is 1. The number of benzene rings is 2. The van der Waals surface area contributed by atoms with Gasteiger partial charge >= 0.3 is 0 Å². The van der Waals surface area contributed by atoms with Crippen molar-refractivity contribution in [3.8, 4) is 17.2 Å². The molecule has 0 N–H and O–H groups in total. The van der Waals surface area contributed by atoms with Crippen molar-refractivity contribution in [3.05, 3.63) is 65.0 Å². The largest absolute Gasteiger partial charge is 0.497 e. The van der Waals surface area contributed by atoms with Gasteiger partial charge in [-0.2, -0.15) is 0 Å². The second kappa shape index (κ2) is 9.56.